The highest BCUT2D eigenvalue weighted by Crippen LogP contribution is 2.27. The summed E-state index contributed by atoms with van der Waals surface area (Å²) >= 11 is 0. The summed E-state index contributed by atoms with van der Waals surface area (Å²) in [5.41, 5.74) is 1.06. The number of halogens is 1. The van der Waals surface area contributed by atoms with Crippen LogP contribution in [0, 0.1) is 15.9 Å². The number of nitrogens with one attached hydrogen (secondary N) is 1. The van der Waals surface area contributed by atoms with E-state index in [4.69, 9.17) is 0 Å². The van der Waals surface area contributed by atoms with Crippen molar-refractivity contribution in [1.29, 1.82) is 0 Å². The molecule has 0 fully saturated rings. The van der Waals surface area contributed by atoms with Crippen LogP contribution in [-0.2, 0) is 32.6 Å². The number of carbonyl (C=O) groups excluding carboxylic acids is 2. The second-order valence-corrected chi connectivity index (χ2v) is 12.6. The monoisotopic (exact) mass is 646 g/mol. The summed E-state index contributed by atoms with van der Waals surface area (Å²) in [5, 5.41) is 14.3. The van der Waals surface area contributed by atoms with E-state index in [2.05, 4.69) is 5.32 Å². The summed E-state index contributed by atoms with van der Waals surface area (Å²) in [7, 11) is -4.36. The maximum Gasteiger partial charge on any atom is 0.269 e. The second kappa shape index (κ2) is 15.3. The highest BCUT2D eigenvalue weighted by molar-refractivity contribution is 7.92. The van der Waals surface area contributed by atoms with Crippen LogP contribution in [-0.4, -0.2) is 48.7 Å². The first-order valence-corrected chi connectivity index (χ1v) is 16.1. The van der Waals surface area contributed by atoms with Gasteiger partial charge in [0, 0.05) is 31.1 Å². The number of carbonyl (C=O) groups is 2. The fourth-order valence-electron chi connectivity index (χ4n) is 4.77. The third-order valence-corrected chi connectivity index (χ3v) is 9.28. The van der Waals surface area contributed by atoms with Crippen molar-refractivity contribution in [3.63, 3.8) is 0 Å². The van der Waals surface area contributed by atoms with Crippen LogP contribution in [0.4, 0.5) is 15.8 Å². The Hall–Kier alpha value is -5.10. The van der Waals surface area contributed by atoms with E-state index < -0.39 is 45.2 Å². The van der Waals surface area contributed by atoms with Gasteiger partial charge in [0.05, 0.1) is 15.5 Å². The Bertz CT molecular complexity index is 1740. The second-order valence-electron chi connectivity index (χ2n) is 10.8. The predicted molar refractivity (Wildman–Crippen MR) is 173 cm³/mol. The SMILES string of the molecule is CC[C@H](C)NC(=O)[C@@H](Cc1ccccc1)N(Cc1ccc(F)cc1)C(=O)CN(c1ccc([N+](=O)[O-])cc1)S(=O)(=O)c1ccccc1. The topological polar surface area (TPSA) is 130 Å². The first-order valence-electron chi connectivity index (χ1n) is 14.7. The Morgan fingerprint density at radius 1 is 0.870 bits per heavy atom. The van der Waals surface area contributed by atoms with E-state index in [1.54, 1.807) is 18.2 Å². The van der Waals surface area contributed by atoms with Gasteiger partial charge in [-0.2, -0.15) is 0 Å². The summed E-state index contributed by atoms with van der Waals surface area (Å²) in [6.45, 7) is 2.91. The number of rotatable bonds is 14. The number of nitro groups is 1. The molecule has 1 N–H and O–H groups in total. The Kier molecular flexibility index (Phi) is 11.2. The molecule has 0 bridgehead atoms. The van der Waals surface area contributed by atoms with Crippen molar-refractivity contribution in [2.75, 3.05) is 10.8 Å². The fraction of sp³-hybridized carbons (Fsp3) is 0.235. The van der Waals surface area contributed by atoms with Crippen LogP contribution in [0.1, 0.15) is 31.4 Å². The molecule has 10 nitrogen and oxygen atoms in total. The van der Waals surface area contributed by atoms with Gasteiger partial charge < -0.3 is 10.2 Å². The molecule has 0 unspecified atom stereocenters. The van der Waals surface area contributed by atoms with Gasteiger partial charge in [-0.1, -0.05) is 67.6 Å². The number of nitro benzene ring substituents is 1. The first kappa shape index (κ1) is 33.8. The number of non-ortho nitro benzene ring substituents is 1. The third kappa shape index (κ3) is 8.54. The van der Waals surface area contributed by atoms with Crippen molar-refractivity contribution in [3.05, 3.63) is 136 Å². The van der Waals surface area contributed by atoms with Crippen LogP contribution in [0.2, 0.25) is 0 Å². The maximum atomic E-state index is 14.4. The zero-order valence-corrected chi connectivity index (χ0v) is 26.3. The Balaban J connectivity index is 1.81. The van der Waals surface area contributed by atoms with E-state index in [9.17, 15) is 32.5 Å². The minimum Gasteiger partial charge on any atom is -0.352 e. The molecule has 0 saturated heterocycles. The van der Waals surface area contributed by atoms with Crippen molar-refractivity contribution in [2.45, 2.75) is 50.2 Å². The van der Waals surface area contributed by atoms with Gasteiger partial charge in [0.15, 0.2) is 0 Å². The molecule has 0 radical (unpaired) electrons. The third-order valence-electron chi connectivity index (χ3n) is 7.50. The Morgan fingerprint density at radius 2 is 1.46 bits per heavy atom. The number of anilines is 1. The lowest BCUT2D eigenvalue weighted by Gasteiger charge is -2.34. The largest absolute Gasteiger partial charge is 0.352 e. The van der Waals surface area contributed by atoms with Crippen molar-refractivity contribution >= 4 is 33.2 Å². The summed E-state index contributed by atoms with van der Waals surface area (Å²) in [6.07, 6.45) is 0.762. The number of sulfonamides is 1. The van der Waals surface area contributed by atoms with Crippen molar-refractivity contribution in [3.8, 4) is 0 Å². The highest BCUT2D eigenvalue weighted by atomic mass is 32.2. The molecule has 4 aromatic carbocycles. The summed E-state index contributed by atoms with van der Waals surface area (Å²) in [6, 6.07) is 25.6. The van der Waals surface area contributed by atoms with Gasteiger partial charge in [0.1, 0.15) is 18.4 Å². The molecule has 0 saturated carbocycles. The summed E-state index contributed by atoms with van der Waals surface area (Å²) in [5.74, 6) is -1.61. The molecule has 0 heterocycles. The average molecular weight is 647 g/mol. The minimum atomic E-state index is -4.36. The molecule has 2 atom stereocenters. The van der Waals surface area contributed by atoms with Crippen molar-refractivity contribution in [1.82, 2.24) is 10.2 Å². The average Bonchev–Trinajstić information content (AvgIpc) is 3.06. The molecule has 4 aromatic rings. The molecule has 12 heteroatoms. The van der Waals surface area contributed by atoms with Gasteiger partial charge in [-0.05, 0) is 60.9 Å². The van der Waals surface area contributed by atoms with E-state index in [1.807, 2.05) is 44.2 Å². The van der Waals surface area contributed by atoms with Crippen LogP contribution in [0.15, 0.2) is 114 Å². The van der Waals surface area contributed by atoms with Crippen LogP contribution < -0.4 is 9.62 Å². The number of hydrogen-bond acceptors (Lipinski definition) is 6. The first-order chi connectivity index (χ1) is 22.0. The summed E-state index contributed by atoms with van der Waals surface area (Å²) < 4.78 is 42.7. The van der Waals surface area contributed by atoms with Crippen LogP contribution >= 0.6 is 0 Å². The van der Waals surface area contributed by atoms with Gasteiger partial charge in [0.2, 0.25) is 11.8 Å². The van der Waals surface area contributed by atoms with Crippen LogP contribution in [0.5, 0.6) is 0 Å². The molecule has 0 aliphatic rings. The fourth-order valence-corrected chi connectivity index (χ4v) is 6.21. The van der Waals surface area contributed by atoms with E-state index in [1.165, 1.54) is 53.4 Å². The van der Waals surface area contributed by atoms with Gasteiger partial charge in [0.25, 0.3) is 15.7 Å². The Morgan fingerprint density at radius 3 is 2.02 bits per heavy atom. The molecular formula is C34H35FN4O6S. The summed E-state index contributed by atoms with van der Waals surface area (Å²) in [4.78, 5) is 40.1. The van der Waals surface area contributed by atoms with Crippen molar-refractivity contribution < 1.29 is 27.3 Å². The lowest BCUT2D eigenvalue weighted by Crippen LogP contribution is -2.54. The molecule has 240 valence electrons. The lowest BCUT2D eigenvalue weighted by atomic mass is 10.0. The minimum absolute atomic E-state index is 0.0215. The smallest absolute Gasteiger partial charge is 0.269 e. The molecule has 46 heavy (non-hydrogen) atoms. The molecule has 0 aliphatic heterocycles. The molecule has 0 spiro atoms. The van der Waals surface area contributed by atoms with Gasteiger partial charge >= 0.3 is 0 Å². The number of benzene rings is 4. The number of amides is 2. The molecule has 2 amide bonds. The van der Waals surface area contributed by atoms with E-state index >= 15 is 0 Å². The standard InChI is InChI=1S/C34H35FN4O6S/c1-3-25(2)36-34(41)32(22-26-10-6-4-7-11-26)37(23-27-14-16-28(35)17-15-27)33(40)24-38(29-18-20-30(21-19-29)39(42)43)46(44,45)31-12-8-5-9-13-31/h4-21,25,32H,3,22-24H2,1-2H3,(H,36,41)/t25-,32+/m0/s1. The quantitative estimate of drug-likeness (QED) is 0.143. The highest BCUT2D eigenvalue weighted by Gasteiger charge is 2.35. The predicted octanol–water partition coefficient (Wildman–Crippen LogP) is 5.48. The van der Waals surface area contributed by atoms with Gasteiger partial charge in [-0.15, -0.1) is 0 Å². The molecule has 0 aliphatic carbocycles. The molecule has 4 rings (SSSR count). The van der Waals surface area contributed by atoms with E-state index in [0.717, 1.165) is 22.0 Å². The van der Waals surface area contributed by atoms with E-state index in [-0.39, 0.29) is 35.3 Å². The Labute approximate surface area is 267 Å². The zero-order valence-electron chi connectivity index (χ0n) is 25.5. The van der Waals surface area contributed by atoms with Gasteiger partial charge in [-0.25, -0.2) is 12.8 Å². The number of nitrogens with zero attached hydrogens (tertiary/aromatic N) is 3. The van der Waals surface area contributed by atoms with Crippen molar-refractivity contribution in [2.24, 2.45) is 0 Å². The zero-order chi connectivity index (χ0) is 33.3. The maximum absolute atomic E-state index is 14.4. The normalized spacial score (nSPS) is 12.5. The van der Waals surface area contributed by atoms with Gasteiger partial charge in [-0.3, -0.25) is 24.0 Å². The molecule has 0 aromatic heterocycles. The van der Waals surface area contributed by atoms with Crippen LogP contribution in [0.25, 0.3) is 0 Å². The number of hydrogen-bond donors (Lipinski definition) is 1. The van der Waals surface area contributed by atoms with Crippen LogP contribution in [0.3, 0.4) is 0 Å². The van der Waals surface area contributed by atoms with E-state index in [0.29, 0.717) is 12.0 Å². The lowest BCUT2D eigenvalue weighted by molar-refractivity contribution is -0.384. The molecular weight excluding hydrogens is 611 g/mol.